The first kappa shape index (κ1) is 38.1. The molecular formula is C44H52O6. The van der Waals surface area contributed by atoms with Crippen molar-refractivity contribution in [1.29, 1.82) is 0 Å². The van der Waals surface area contributed by atoms with Gasteiger partial charge in [0.25, 0.3) is 0 Å². The fourth-order valence-electron chi connectivity index (χ4n) is 5.65. The van der Waals surface area contributed by atoms with Gasteiger partial charge >= 0.3 is 11.9 Å². The number of unbranched alkanes of at least 4 members (excludes halogenated alkanes) is 2. The fourth-order valence-corrected chi connectivity index (χ4v) is 5.65. The lowest BCUT2D eigenvalue weighted by Gasteiger charge is -2.11. The summed E-state index contributed by atoms with van der Waals surface area (Å²) in [7, 11) is 0. The van der Waals surface area contributed by atoms with Crippen LogP contribution in [0.2, 0.25) is 0 Å². The Hall–Kier alpha value is -4.71. The van der Waals surface area contributed by atoms with Crippen molar-refractivity contribution >= 4 is 28.5 Å². The van der Waals surface area contributed by atoms with Crippen molar-refractivity contribution < 1.29 is 28.6 Å². The Kier molecular flexibility index (Phi) is 14.8. The van der Waals surface area contributed by atoms with Crippen molar-refractivity contribution in [1.82, 2.24) is 0 Å². The van der Waals surface area contributed by atoms with E-state index in [-0.39, 0.29) is 5.78 Å². The van der Waals surface area contributed by atoms with E-state index >= 15 is 0 Å². The Balaban J connectivity index is 1.24. The van der Waals surface area contributed by atoms with Crippen molar-refractivity contribution in [3.05, 3.63) is 114 Å². The lowest BCUT2D eigenvalue weighted by molar-refractivity contribution is -0.118. The highest BCUT2D eigenvalue weighted by atomic mass is 16.5. The van der Waals surface area contributed by atoms with Gasteiger partial charge in [0.1, 0.15) is 23.0 Å². The minimum atomic E-state index is -0.476. The Morgan fingerprint density at radius 3 is 1.54 bits per heavy atom. The van der Waals surface area contributed by atoms with Crippen LogP contribution in [-0.4, -0.2) is 17.7 Å². The average molecular weight is 677 g/mol. The van der Waals surface area contributed by atoms with Crippen LogP contribution in [0.15, 0.2) is 97.3 Å². The summed E-state index contributed by atoms with van der Waals surface area (Å²) >= 11 is 0. The van der Waals surface area contributed by atoms with Crippen molar-refractivity contribution in [3.63, 3.8) is 0 Å². The van der Waals surface area contributed by atoms with E-state index in [1.807, 2.05) is 24.3 Å². The molecule has 264 valence electrons. The third kappa shape index (κ3) is 12.3. The Bertz CT molecular complexity index is 1590. The number of benzene rings is 4. The molecule has 0 fully saturated rings. The number of esters is 2. The molecule has 0 aliphatic rings. The van der Waals surface area contributed by atoms with Crippen LogP contribution in [0.5, 0.6) is 17.2 Å². The molecule has 0 spiro atoms. The molecule has 6 nitrogen and oxygen atoms in total. The largest absolute Gasteiger partial charge is 0.462 e. The number of allylic oxidation sites excluding steroid dienone is 1. The maximum absolute atomic E-state index is 12.8. The molecule has 0 bridgehead atoms. The number of ketones is 1. The van der Waals surface area contributed by atoms with Gasteiger partial charge in [-0.15, -0.1) is 0 Å². The fraction of sp³-hybridized carbons (Fsp3) is 0.386. The summed E-state index contributed by atoms with van der Waals surface area (Å²) in [4.78, 5) is 38.1. The molecule has 0 N–H and O–H groups in total. The summed E-state index contributed by atoms with van der Waals surface area (Å²) in [5.41, 5.74) is 1.71. The Labute approximate surface area is 297 Å². The number of Topliss-reactive ketones (excluding diaryl/α,β-unsaturated/α-hetero) is 1. The average Bonchev–Trinajstić information content (AvgIpc) is 3.12. The molecule has 0 heterocycles. The highest BCUT2D eigenvalue weighted by Crippen LogP contribution is 2.27. The summed E-state index contributed by atoms with van der Waals surface area (Å²) in [6, 6.07) is 24.5. The molecule has 4 rings (SSSR count). The SMILES string of the molecule is C=C(CCCCC(C)CC)Oc1ccc(C(=O)Oc2ccc3cc(OC(=O)c4ccc(CC(=O)CCCCC(C)CC)cc4)ccc3c2)cc1. The number of carbonyl (C=O) groups is 3. The Morgan fingerprint density at radius 2 is 1.04 bits per heavy atom. The second-order valence-corrected chi connectivity index (χ2v) is 13.5. The van der Waals surface area contributed by atoms with E-state index in [9.17, 15) is 14.4 Å². The number of carbonyl (C=O) groups excluding carboxylic acids is 3. The van der Waals surface area contributed by atoms with Gasteiger partial charge in [0.2, 0.25) is 0 Å². The van der Waals surface area contributed by atoms with Crippen molar-refractivity contribution in [2.24, 2.45) is 11.8 Å². The molecule has 0 amide bonds. The van der Waals surface area contributed by atoms with E-state index < -0.39 is 11.9 Å². The zero-order chi connectivity index (χ0) is 35.9. The topological polar surface area (TPSA) is 78.9 Å². The molecule has 4 aromatic carbocycles. The molecule has 6 heteroatoms. The number of ether oxygens (including phenoxy) is 3. The quantitative estimate of drug-likeness (QED) is 0.0401. The monoisotopic (exact) mass is 676 g/mol. The molecule has 2 unspecified atom stereocenters. The van der Waals surface area contributed by atoms with Crippen LogP contribution >= 0.6 is 0 Å². The van der Waals surface area contributed by atoms with Gasteiger partial charge in [0, 0.05) is 19.3 Å². The molecule has 2 atom stereocenters. The molecule has 0 radical (unpaired) electrons. The van der Waals surface area contributed by atoms with Gasteiger partial charge in [0.05, 0.1) is 16.9 Å². The van der Waals surface area contributed by atoms with Gasteiger partial charge in [-0.2, -0.15) is 0 Å². The smallest absolute Gasteiger partial charge is 0.343 e. The molecule has 0 aliphatic heterocycles. The number of rotatable bonds is 20. The number of hydrogen-bond acceptors (Lipinski definition) is 6. The molecule has 0 saturated heterocycles. The highest BCUT2D eigenvalue weighted by molar-refractivity contribution is 5.94. The summed E-state index contributed by atoms with van der Waals surface area (Å²) in [5, 5.41) is 1.66. The Morgan fingerprint density at radius 1 is 0.580 bits per heavy atom. The van der Waals surface area contributed by atoms with Gasteiger partial charge in [-0.05, 0) is 102 Å². The summed E-state index contributed by atoms with van der Waals surface area (Å²) in [6.07, 6.45) is 10.7. The van der Waals surface area contributed by atoms with Crippen LogP contribution in [-0.2, 0) is 11.2 Å². The van der Waals surface area contributed by atoms with E-state index in [1.54, 1.807) is 60.7 Å². The zero-order valence-electron chi connectivity index (χ0n) is 30.2. The van der Waals surface area contributed by atoms with Crippen molar-refractivity contribution in [2.45, 2.75) is 98.3 Å². The van der Waals surface area contributed by atoms with Crippen LogP contribution in [0.25, 0.3) is 10.8 Å². The number of fused-ring (bicyclic) bond motifs is 1. The van der Waals surface area contributed by atoms with Crippen LogP contribution in [0.1, 0.15) is 118 Å². The van der Waals surface area contributed by atoms with Gasteiger partial charge in [-0.3, -0.25) is 4.79 Å². The molecule has 0 aromatic heterocycles. The summed E-state index contributed by atoms with van der Waals surface area (Å²) in [6.45, 7) is 13.0. The first-order valence-corrected chi connectivity index (χ1v) is 18.2. The molecule has 50 heavy (non-hydrogen) atoms. The first-order valence-electron chi connectivity index (χ1n) is 18.2. The van der Waals surface area contributed by atoms with Gasteiger partial charge in [0.15, 0.2) is 0 Å². The lowest BCUT2D eigenvalue weighted by Crippen LogP contribution is -2.09. The molecule has 0 aliphatic carbocycles. The standard InChI is InChI=1S/C44H52O6/c1-6-31(3)12-8-10-14-33(5)48-40-24-20-36(21-25-40)44(47)50-42-27-23-37-29-41(26-22-38(37)30-42)49-43(46)35-18-16-34(17-19-35)28-39(45)15-11-9-13-32(4)7-2/h16-27,29-32H,5-15,28H2,1-4H3. The summed E-state index contributed by atoms with van der Waals surface area (Å²) in [5.74, 6) is 2.89. The zero-order valence-corrected chi connectivity index (χ0v) is 30.2. The second kappa shape index (κ2) is 19.5. The van der Waals surface area contributed by atoms with E-state index in [0.717, 1.165) is 66.5 Å². The van der Waals surface area contributed by atoms with Crippen molar-refractivity contribution in [3.8, 4) is 17.2 Å². The van der Waals surface area contributed by atoms with E-state index in [2.05, 4.69) is 34.3 Å². The first-order chi connectivity index (χ1) is 24.1. The number of hydrogen-bond donors (Lipinski definition) is 0. The molecule has 0 saturated carbocycles. The molecule has 4 aromatic rings. The van der Waals surface area contributed by atoms with Crippen LogP contribution < -0.4 is 14.2 Å². The lowest BCUT2D eigenvalue weighted by atomic mass is 9.98. The van der Waals surface area contributed by atoms with Gasteiger partial charge in [-0.1, -0.05) is 97.1 Å². The van der Waals surface area contributed by atoms with E-state index in [4.69, 9.17) is 14.2 Å². The predicted octanol–water partition coefficient (Wildman–Crippen LogP) is 11.5. The van der Waals surface area contributed by atoms with E-state index in [0.29, 0.717) is 47.1 Å². The third-order valence-corrected chi connectivity index (χ3v) is 9.35. The third-order valence-electron chi connectivity index (χ3n) is 9.35. The maximum atomic E-state index is 12.8. The van der Waals surface area contributed by atoms with E-state index in [1.165, 1.54) is 19.3 Å². The second-order valence-electron chi connectivity index (χ2n) is 13.5. The highest BCUT2D eigenvalue weighted by Gasteiger charge is 2.13. The van der Waals surface area contributed by atoms with Crippen molar-refractivity contribution in [2.75, 3.05) is 0 Å². The molecular weight excluding hydrogens is 624 g/mol. The maximum Gasteiger partial charge on any atom is 0.343 e. The summed E-state index contributed by atoms with van der Waals surface area (Å²) < 4.78 is 17.1. The minimum Gasteiger partial charge on any atom is -0.462 e. The van der Waals surface area contributed by atoms with Crippen LogP contribution in [0.3, 0.4) is 0 Å². The van der Waals surface area contributed by atoms with Crippen LogP contribution in [0.4, 0.5) is 0 Å². The predicted molar refractivity (Wildman–Crippen MR) is 201 cm³/mol. The van der Waals surface area contributed by atoms with Gasteiger partial charge in [-0.25, -0.2) is 9.59 Å². The normalized spacial score (nSPS) is 12.2. The van der Waals surface area contributed by atoms with Gasteiger partial charge < -0.3 is 14.2 Å². The van der Waals surface area contributed by atoms with Crippen LogP contribution in [0, 0.1) is 11.8 Å². The minimum absolute atomic E-state index is 0.221.